The molecule has 1 aromatic carbocycles. The van der Waals surface area contributed by atoms with Crippen molar-refractivity contribution in [1.82, 2.24) is 0 Å². The number of phenolic OH excluding ortho intramolecular Hbond substituents is 1. The van der Waals surface area contributed by atoms with Crippen LogP contribution < -0.4 is 5.73 Å². The summed E-state index contributed by atoms with van der Waals surface area (Å²) in [5.74, 6) is 1.08. The zero-order chi connectivity index (χ0) is 17.0. The first-order chi connectivity index (χ1) is 10.9. The van der Waals surface area contributed by atoms with Gasteiger partial charge >= 0.3 is 5.97 Å². The zero-order valence-electron chi connectivity index (χ0n) is 14.2. The van der Waals surface area contributed by atoms with Crippen molar-refractivity contribution in [3.63, 3.8) is 0 Å². The lowest BCUT2D eigenvalue weighted by Gasteiger charge is -2.43. The van der Waals surface area contributed by atoms with Gasteiger partial charge in [-0.2, -0.15) is 11.8 Å². The molecular weight excluding hydrogens is 310 g/mol. The number of hydrogen-bond acceptors (Lipinski definition) is 5. The van der Waals surface area contributed by atoms with Gasteiger partial charge in [-0.05, 0) is 48.8 Å². The van der Waals surface area contributed by atoms with Crippen molar-refractivity contribution < 1.29 is 14.6 Å². The predicted octanol–water partition coefficient (Wildman–Crippen LogP) is 3.00. The fraction of sp³-hybridized carbons (Fsp3) is 0.611. The molecule has 5 heteroatoms. The van der Waals surface area contributed by atoms with Gasteiger partial charge in [0, 0.05) is 23.1 Å². The second-order valence-electron chi connectivity index (χ2n) is 6.61. The Kier molecular flexibility index (Phi) is 5.98. The van der Waals surface area contributed by atoms with Crippen molar-refractivity contribution in [3.05, 3.63) is 29.3 Å². The van der Waals surface area contributed by atoms with Crippen LogP contribution in [0.25, 0.3) is 0 Å². The molecule has 0 spiro atoms. The number of benzene rings is 1. The molecule has 0 radical (unpaired) electrons. The molecule has 128 valence electrons. The first-order valence-corrected chi connectivity index (χ1v) is 9.26. The number of esters is 1. The minimum absolute atomic E-state index is 0.0180. The summed E-state index contributed by atoms with van der Waals surface area (Å²) in [6, 6.07) is 5.61. The molecule has 2 rings (SSSR count). The molecule has 2 unspecified atom stereocenters. The number of carbonyl (C=O) groups is 1. The average molecular weight is 337 g/mol. The molecule has 23 heavy (non-hydrogen) atoms. The number of aromatic hydroxyl groups is 1. The average Bonchev–Trinajstić information content (AvgIpc) is 2.50. The molecular formula is C18H27NO3S. The van der Waals surface area contributed by atoms with Gasteiger partial charge in [0.2, 0.25) is 0 Å². The minimum atomic E-state index is -0.175. The Balaban J connectivity index is 1.97. The van der Waals surface area contributed by atoms with Crippen molar-refractivity contribution in [2.75, 3.05) is 12.4 Å². The van der Waals surface area contributed by atoms with E-state index in [1.807, 2.05) is 30.8 Å². The largest absolute Gasteiger partial charge is 0.508 e. The van der Waals surface area contributed by atoms with Crippen molar-refractivity contribution >= 4 is 17.7 Å². The van der Waals surface area contributed by atoms with Crippen LogP contribution >= 0.6 is 11.8 Å². The molecule has 0 amide bonds. The number of nitrogens with two attached hydrogens (primary N) is 1. The van der Waals surface area contributed by atoms with Crippen LogP contribution in [0.15, 0.2) is 18.2 Å². The number of ether oxygens (including phenoxy) is 1. The molecule has 2 atom stereocenters. The Morgan fingerprint density at radius 1 is 1.48 bits per heavy atom. The van der Waals surface area contributed by atoms with E-state index in [9.17, 15) is 9.90 Å². The van der Waals surface area contributed by atoms with Gasteiger partial charge in [-0.1, -0.05) is 19.9 Å². The minimum Gasteiger partial charge on any atom is -0.508 e. The van der Waals surface area contributed by atoms with Crippen LogP contribution in [0, 0.1) is 0 Å². The van der Waals surface area contributed by atoms with Gasteiger partial charge in [0.05, 0.1) is 6.61 Å². The van der Waals surface area contributed by atoms with Crippen molar-refractivity contribution in [1.29, 1.82) is 0 Å². The summed E-state index contributed by atoms with van der Waals surface area (Å²) in [5.41, 5.74) is 8.75. The summed E-state index contributed by atoms with van der Waals surface area (Å²) in [6.45, 7) is 6.55. The molecule has 0 saturated carbocycles. The quantitative estimate of drug-likeness (QED) is 0.617. The third-order valence-corrected chi connectivity index (χ3v) is 6.02. The Hall–Kier alpha value is -1.20. The molecule has 0 fully saturated rings. The number of thioether (sulfide) groups is 1. The van der Waals surface area contributed by atoms with Gasteiger partial charge < -0.3 is 15.6 Å². The van der Waals surface area contributed by atoms with Crippen molar-refractivity contribution in [2.24, 2.45) is 5.73 Å². The molecule has 1 aliphatic rings. The maximum Gasteiger partial charge on any atom is 0.305 e. The molecule has 0 saturated heterocycles. The summed E-state index contributed by atoms with van der Waals surface area (Å²) in [5, 5.41) is 10.1. The second kappa shape index (κ2) is 7.58. The Morgan fingerprint density at radius 3 is 2.91 bits per heavy atom. The van der Waals surface area contributed by atoms with Gasteiger partial charge in [-0.25, -0.2) is 0 Å². The van der Waals surface area contributed by atoms with E-state index >= 15 is 0 Å². The third kappa shape index (κ3) is 4.21. The summed E-state index contributed by atoms with van der Waals surface area (Å²) in [6.07, 6.45) is 2.19. The normalized spacial score (nSPS) is 22.4. The van der Waals surface area contributed by atoms with E-state index in [0.29, 0.717) is 24.0 Å². The van der Waals surface area contributed by atoms with E-state index < -0.39 is 0 Å². The van der Waals surface area contributed by atoms with Gasteiger partial charge in [0.15, 0.2) is 0 Å². The Labute approximate surface area is 142 Å². The van der Waals surface area contributed by atoms with E-state index in [-0.39, 0.29) is 17.4 Å². The highest BCUT2D eigenvalue weighted by Gasteiger charge is 2.40. The molecule has 1 aliphatic carbocycles. The molecule has 0 bridgehead atoms. The van der Waals surface area contributed by atoms with Crippen LogP contribution in [-0.4, -0.2) is 34.7 Å². The molecule has 0 aliphatic heterocycles. The first kappa shape index (κ1) is 18.1. The van der Waals surface area contributed by atoms with Gasteiger partial charge in [0.1, 0.15) is 5.75 Å². The van der Waals surface area contributed by atoms with Crippen molar-refractivity contribution in [2.45, 2.75) is 56.7 Å². The van der Waals surface area contributed by atoms with E-state index in [0.717, 1.165) is 24.2 Å². The number of phenols is 1. The number of rotatable bonds is 6. The monoisotopic (exact) mass is 337 g/mol. The maximum atomic E-state index is 11.4. The lowest BCUT2D eigenvalue weighted by atomic mass is 9.69. The molecule has 1 aromatic rings. The van der Waals surface area contributed by atoms with Crippen LogP contribution in [0.4, 0.5) is 0 Å². The molecule has 0 aromatic heterocycles. The molecule has 4 nitrogen and oxygen atoms in total. The number of fused-ring (bicyclic) bond motifs is 1. The van der Waals surface area contributed by atoms with Gasteiger partial charge in [0.25, 0.3) is 0 Å². The summed E-state index contributed by atoms with van der Waals surface area (Å²) >= 11 is 1.84. The van der Waals surface area contributed by atoms with Crippen LogP contribution in [0.3, 0.4) is 0 Å². The summed E-state index contributed by atoms with van der Waals surface area (Å²) in [4.78, 5) is 11.4. The fourth-order valence-corrected chi connectivity index (χ4v) is 4.64. The zero-order valence-corrected chi connectivity index (χ0v) is 15.0. The van der Waals surface area contributed by atoms with Gasteiger partial charge in [-0.15, -0.1) is 0 Å². The van der Waals surface area contributed by atoms with Crippen LogP contribution in [0.5, 0.6) is 5.75 Å². The second-order valence-corrected chi connectivity index (χ2v) is 7.96. The fourth-order valence-electron chi connectivity index (χ4n) is 3.18. The third-order valence-electron chi connectivity index (χ3n) is 4.61. The van der Waals surface area contributed by atoms with E-state index in [4.69, 9.17) is 10.5 Å². The first-order valence-electron chi connectivity index (χ1n) is 8.21. The lowest BCUT2D eigenvalue weighted by Crippen LogP contribution is -2.52. The SMILES string of the molecule is CCOC(=O)CCCSC1Cc2ccc(O)cc2C(C)(C)C1N. The summed E-state index contributed by atoms with van der Waals surface area (Å²) in [7, 11) is 0. The Bertz CT molecular complexity index is 559. The van der Waals surface area contributed by atoms with Crippen LogP contribution in [-0.2, 0) is 21.4 Å². The highest BCUT2D eigenvalue weighted by molar-refractivity contribution is 7.99. The molecule has 3 N–H and O–H groups in total. The van der Waals surface area contributed by atoms with E-state index in [1.54, 1.807) is 6.07 Å². The Morgan fingerprint density at radius 2 is 2.22 bits per heavy atom. The lowest BCUT2D eigenvalue weighted by molar-refractivity contribution is -0.143. The van der Waals surface area contributed by atoms with Crippen LogP contribution in [0.1, 0.15) is 44.7 Å². The van der Waals surface area contributed by atoms with Crippen molar-refractivity contribution in [3.8, 4) is 5.75 Å². The highest BCUT2D eigenvalue weighted by Crippen LogP contribution is 2.41. The van der Waals surface area contributed by atoms with E-state index in [1.165, 1.54) is 5.56 Å². The topological polar surface area (TPSA) is 72.5 Å². The predicted molar refractivity (Wildman–Crippen MR) is 94.9 cm³/mol. The maximum absolute atomic E-state index is 11.4. The van der Waals surface area contributed by atoms with E-state index in [2.05, 4.69) is 13.8 Å². The summed E-state index contributed by atoms with van der Waals surface area (Å²) < 4.78 is 4.95. The molecule has 0 heterocycles. The standard InChI is InChI=1S/C18H27NO3S/c1-4-22-16(21)6-5-9-23-15-10-12-7-8-13(20)11-14(12)18(2,3)17(15)19/h7-8,11,15,17,20H,4-6,9-10,19H2,1-3H3. The smallest absolute Gasteiger partial charge is 0.305 e. The van der Waals surface area contributed by atoms with Gasteiger partial charge in [-0.3, -0.25) is 4.79 Å². The van der Waals surface area contributed by atoms with Crippen LogP contribution in [0.2, 0.25) is 0 Å². The number of carbonyl (C=O) groups excluding carboxylic acids is 1. The highest BCUT2D eigenvalue weighted by atomic mass is 32.2. The number of hydrogen-bond donors (Lipinski definition) is 2.